The molecule has 0 aliphatic heterocycles. The van der Waals surface area contributed by atoms with Crippen LogP contribution >= 0.6 is 0 Å². The Labute approximate surface area is 279 Å². The standard InChI is InChI=1S/C33H46N4O11/c1-6-9-10-11-24(26(7-2)37(44)20-38)31(41)34-19-35-32(42)28-14-13-27(48-28)21-16-22(18-23(17-21)47-8-3)30(40)36-25(33(43)46-5)12-15-29(39)45-4/h13-14,16-18,20,24-26,44H,6-12,15,19H2,1-5H3,(H,34,41)(H,35,42)(H,36,40)/t24-,25+,26-/m1/s1. The van der Waals surface area contributed by atoms with Crippen LogP contribution in [0.4, 0.5) is 0 Å². The number of benzene rings is 1. The van der Waals surface area contributed by atoms with Crippen molar-refractivity contribution >= 4 is 36.1 Å². The zero-order valence-electron chi connectivity index (χ0n) is 28.0. The van der Waals surface area contributed by atoms with Gasteiger partial charge in [0.15, 0.2) is 5.76 Å². The Morgan fingerprint density at radius 2 is 1.71 bits per heavy atom. The molecular formula is C33H46N4O11. The zero-order chi connectivity index (χ0) is 35.6. The van der Waals surface area contributed by atoms with Crippen molar-refractivity contribution in [3.05, 3.63) is 41.7 Å². The summed E-state index contributed by atoms with van der Waals surface area (Å²) in [5, 5.41) is 18.3. The molecule has 0 bridgehead atoms. The molecule has 0 radical (unpaired) electrons. The molecule has 3 atom stereocenters. The average Bonchev–Trinajstić information content (AvgIpc) is 3.59. The van der Waals surface area contributed by atoms with Crippen LogP contribution in [-0.4, -0.2) is 85.9 Å². The van der Waals surface area contributed by atoms with Crippen LogP contribution in [0.5, 0.6) is 5.75 Å². The smallest absolute Gasteiger partial charge is 0.328 e. The van der Waals surface area contributed by atoms with Gasteiger partial charge >= 0.3 is 11.9 Å². The van der Waals surface area contributed by atoms with E-state index in [9.17, 15) is 34.0 Å². The van der Waals surface area contributed by atoms with E-state index in [0.717, 1.165) is 19.3 Å². The number of hydrogen-bond donors (Lipinski definition) is 4. The van der Waals surface area contributed by atoms with Gasteiger partial charge in [0.2, 0.25) is 12.3 Å². The van der Waals surface area contributed by atoms with Crippen molar-refractivity contribution < 1.29 is 52.6 Å². The maximum Gasteiger partial charge on any atom is 0.328 e. The Bertz CT molecular complexity index is 1390. The van der Waals surface area contributed by atoms with Crippen LogP contribution in [-0.2, 0) is 28.7 Å². The number of methoxy groups -OCH3 is 2. The van der Waals surface area contributed by atoms with Crippen LogP contribution < -0.4 is 20.7 Å². The maximum absolute atomic E-state index is 13.2. The van der Waals surface area contributed by atoms with Crippen molar-refractivity contribution in [1.82, 2.24) is 21.0 Å². The van der Waals surface area contributed by atoms with Gasteiger partial charge in [-0.1, -0.05) is 33.1 Å². The minimum atomic E-state index is -1.12. The molecule has 0 fully saturated rings. The van der Waals surface area contributed by atoms with E-state index in [0.29, 0.717) is 29.2 Å². The van der Waals surface area contributed by atoms with Gasteiger partial charge in [0.1, 0.15) is 17.6 Å². The quantitative estimate of drug-likeness (QED) is 0.0378. The van der Waals surface area contributed by atoms with Gasteiger partial charge in [-0.3, -0.25) is 29.2 Å². The normalized spacial score (nSPS) is 12.5. The number of nitrogens with one attached hydrogen (secondary N) is 3. The Morgan fingerprint density at radius 3 is 2.33 bits per heavy atom. The summed E-state index contributed by atoms with van der Waals surface area (Å²) in [5.41, 5.74) is 0.509. The first-order valence-corrected chi connectivity index (χ1v) is 15.8. The number of rotatable bonds is 21. The van der Waals surface area contributed by atoms with Crippen molar-refractivity contribution in [3.8, 4) is 17.1 Å². The number of carbonyl (C=O) groups excluding carboxylic acids is 6. The zero-order valence-corrected chi connectivity index (χ0v) is 28.0. The number of amides is 4. The molecule has 15 heteroatoms. The molecule has 1 aromatic carbocycles. The van der Waals surface area contributed by atoms with Crippen LogP contribution in [0, 0.1) is 5.92 Å². The number of unbranched alkanes of at least 4 members (excludes halogenated alkanes) is 2. The monoisotopic (exact) mass is 674 g/mol. The maximum atomic E-state index is 13.2. The van der Waals surface area contributed by atoms with Crippen molar-refractivity contribution in [2.24, 2.45) is 5.92 Å². The van der Waals surface area contributed by atoms with Gasteiger partial charge < -0.3 is 34.6 Å². The van der Waals surface area contributed by atoms with E-state index in [-0.39, 0.29) is 49.6 Å². The van der Waals surface area contributed by atoms with E-state index in [1.807, 2.05) is 6.92 Å². The summed E-state index contributed by atoms with van der Waals surface area (Å²) in [6, 6.07) is 5.69. The topological polar surface area (TPSA) is 203 Å². The van der Waals surface area contributed by atoms with Gasteiger partial charge in [-0.2, -0.15) is 0 Å². The first-order chi connectivity index (χ1) is 23.0. The molecule has 0 spiro atoms. The highest BCUT2D eigenvalue weighted by atomic mass is 16.5. The first-order valence-electron chi connectivity index (χ1n) is 15.8. The van der Waals surface area contributed by atoms with E-state index >= 15 is 0 Å². The molecule has 0 aliphatic rings. The van der Waals surface area contributed by atoms with Gasteiger partial charge in [0.05, 0.1) is 39.5 Å². The molecule has 4 N–H and O–H groups in total. The number of hydroxylamine groups is 2. The molecule has 0 unspecified atom stereocenters. The Balaban J connectivity index is 2.17. The highest BCUT2D eigenvalue weighted by Gasteiger charge is 2.31. The number of furan rings is 1. The molecule has 15 nitrogen and oxygen atoms in total. The molecule has 2 aromatic rings. The number of esters is 2. The van der Waals surface area contributed by atoms with Crippen molar-refractivity contribution in [2.45, 2.75) is 77.8 Å². The third-order valence-corrected chi connectivity index (χ3v) is 7.55. The predicted octanol–water partition coefficient (Wildman–Crippen LogP) is 3.20. The lowest BCUT2D eigenvalue weighted by Crippen LogP contribution is -2.47. The van der Waals surface area contributed by atoms with Crippen molar-refractivity contribution in [3.63, 3.8) is 0 Å². The summed E-state index contributed by atoms with van der Waals surface area (Å²) in [6.45, 7) is 5.60. The lowest BCUT2D eigenvalue weighted by molar-refractivity contribution is -0.168. The molecule has 0 saturated heterocycles. The average molecular weight is 675 g/mol. The summed E-state index contributed by atoms with van der Waals surface area (Å²) < 4.78 is 20.8. The Morgan fingerprint density at radius 1 is 0.958 bits per heavy atom. The highest BCUT2D eigenvalue weighted by Crippen LogP contribution is 2.28. The summed E-state index contributed by atoms with van der Waals surface area (Å²) >= 11 is 0. The SMILES string of the molecule is CCCCC[C@@H](C(=O)NCNC(=O)c1ccc(-c2cc(OCC)cc(C(=O)N[C@@H](CCC(=O)OC)C(=O)OC)c2)o1)[C@@H](CC)N(O)C=O. The fourth-order valence-electron chi connectivity index (χ4n) is 5.01. The van der Waals surface area contributed by atoms with Crippen LogP contribution in [0.2, 0.25) is 0 Å². The fraction of sp³-hybridized carbons (Fsp3) is 0.515. The van der Waals surface area contributed by atoms with Gasteiger partial charge in [0.25, 0.3) is 11.8 Å². The van der Waals surface area contributed by atoms with Crippen molar-refractivity contribution in [2.75, 3.05) is 27.5 Å². The largest absolute Gasteiger partial charge is 0.494 e. The van der Waals surface area contributed by atoms with E-state index in [1.54, 1.807) is 19.9 Å². The van der Waals surface area contributed by atoms with Gasteiger partial charge in [-0.15, -0.1) is 0 Å². The van der Waals surface area contributed by atoms with E-state index in [2.05, 4.69) is 20.7 Å². The second-order valence-corrected chi connectivity index (χ2v) is 10.8. The van der Waals surface area contributed by atoms with Gasteiger partial charge in [-0.05, 0) is 56.5 Å². The van der Waals surface area contributed by atoms with Crippen LogP contribution in [0.3, 0.4) is 0 Å². The van der Waals surface area contributed by atoms with Crippen LogP contribution in [0.1, 0.15) is 86.6 Å². The Kier molecular flexibility index (Phi) is 16.6. The van der Waals surface area contributed by atoms with Crippen LogP contribution in [0.15, 0.2) is 34.7 Å². The van der Waals surface area contributed by atoms with E-state index in [4.69, 9.17) is 13.9 Å². The molecule has 48 heavy (non-hydrogen) atoms. The number of hydrogen-bond acceptors (Lipinski definition) is 11. The number of ether oxygens (including phenoxy) is 3. The highest BCUT2D eigenvalue weighted by molar-refractivity contribution is 5.98. The minimum Gasteiger partial charge on any atom is -0.494 e. The summed E-state index contributed by atoms with van der Waals surface area (Å²) in [4.78, 5) is 74.1. The molecule has 0 saturated carbocycles. The number of nitrogens with zero attached hydrogens (tertiary/aromatic N) is 1. The summed E-state index contributed by atoms with van der Waals surface area (Å²) in [6.07, 6.45) is 3.47. The second kappa shape index (κ2) is 20.3. The molecular weight excluding hydrogens is 628 g/mol. The van der Waals surface area contributed by atoms with Crippen LogP contribution in [0.25, 0.3) is 11.3 Å². The molecule has 0 aliphatic carbocycles. The summed E-state index contributed by atoms with van der Waals surface area (Å²) in [5.74, 6) is -3.18. The van der Waals surface area contributed by atoms with E-state index in [1.165, 1.54) is 38.5 Å². The first kappa shape index (κ1) is 39.3. The third kappa shape index (κ3) is 11.7. The number of carbonyl (C=O) groups is 6. The third-order valence-electron chi connectivity index (χ3n) is 7.55. The minimum absolute atomic E-state index is 0.0441. The van der Waals surface area contributed by atoms with Crippen molar-refractivity contribution in [1.29, 1.82) is 0 Å². The van der Waals surface area contributed by atoms with Gasteiger partial charge in [-0.25, -0.2) is 9.86 Å². The lowest BCUT2D eigenvalue weighted by Gasteiger charge is -2.29. The second-order valence-electron chi connectivity index (χ2n) is 10.8. The molecule has 264 valence electrons. The molecule has 1 heterocycles. The summed E-state index contributed by atoms with van der Waals surface area (Å²) in [7, 11) is 2.38. The van der Waals surface area contributed by atoms with Gasteiger partial charge in [0, 0.05) is 17.5 Å². The lowest BCUT2D eigenvalue weighted by atomic mass is 9.90. The Hall–Kier alpha value is -4.92. The molecule has 4 amide bonds. The molecule has 1 aromatic heterocycles. The predicted molar refractivity (Wildman–Crippen MR) is 172 cm³/mol. The molecule has 2 rings (SSSR count). The fourth-order valence-corrected chi connectivity index (χ4v) is 5.01. The van der Waals surface area contributed by atoms with E-state index < -0.39 is 47.7 Å².